The van der Waals surface area contributed by atoms with Gasteiger partial charge in [0.15, 0.2) is 0 Å². The predicted octanol–water partition coefficient (Wildman–Crippen LogP) is 4.44. The van der Waals surface area contributed by atoms with Crippen molar-refractivity contribution in [2.45, 2.75) is 25.8 Å². The van der Waals surface area contributed by atoms with Crippen LogP contribution in [0.1, 0.15) is 17.5 Å². The van der Waals surface area contributed by atoms with E-state index in [1.165, 1.54) is 23.3 Å². The van der Waals surface area contributed by atoms with Crippen LogP contribution in [-0.2, 0) is 24.2 Å². The van der Waals surface area contributed by atoms with E-state index in [1.807, 2.05) is 6.07 Å². The van der Waals surface area contributed by atoms with Crippen LogP contribution >= 0.6 is 15.9 Å². The zero-order chi connectivity index (χ0) is 18.3. The highest BCUT2D eigenvalue weighted by molar-refractivity contribution is 9.10. The van der Waals surface area contributed by atoms with E-state index in [0.29, 0.717) is 0 Å². The molecule has 0 bridgehead atoms. The minimum Gasteiger partial charge on any atom is -0.338 e. The Morgan fingerprint density at radius 3 is 2.73 bits per heavy atom. The maximum atomic E-state index is 12.5. The summed E-state index contributed by atoms with van der Waals surface area (Å²) in [5.41, 5.74) is 4.25. The molecule has 1 amide bonds. The molecule has 4 rings (SSSR count). The molecule has 7 heteroatoms. The maximum absolute atomic E-state index is 12.5. The number of benzene rings is 2. The lowest BCUT2D eigenvalue weighted by Crippen LogP contribution is -2.18. The smallest absolute Gasteiger partial charge is 0.270 e. The molecule has 26 heavy (non-hydrogen) atoms. The Morgan fingerprint density at radius 2 is 1.96 bits per heavy atom. The van der Waals surface area contributed by atoms with E-state index in [4.69, 9.17) is 0 Å². The number of fused-ring (bicyclic) bond motifs is 2. The molecule has 0 atom stereocenters. The molecule has 1 aromatic heterocycles. The first kappa shape index (κ1) is 16.8. The van der Waals surface area contributed by atoms with E-state index in [1.54, 1.807) is 22.9 Å². The number of amides is 1. The van der Waals surface area contributed by atoms with Crippen LogP contribution in [0.4, 0.5) is 11.4 Å². The van der Waals surface area contributed by atoms with Gasteiger partial charge < -0.3 is 9.88 Å². The fourth-order valence-corrected chi connectivity index (χ4v) is 3.96. The zero-order valence-electron chi connectivity index (χ0n) is 13.9. The summed E-state index contributed by atoms with van der Waals surface area (Å²) in [6.07, 6.45) is 5.06. The summed E-state index contributed by atoms with van der Waals surface area (Å²) in [5, 5.41) is 14.6. The molecule has 1 aliphatic rings. The number of aromatic nitrogens is 1. The van der Waals surface area contributed by atoms with E-state index in [-0.39, 0.29) is 18.1 Å². The molecule has 0 aliphatic heterocycles. The highest BCUT2D eigenvalue weighted by Gasteiger charge is 2.16. The van der Waals surface area contributed by atoms with Gasteiger partial charge in [-0.2, -0.15) is 0 Å². The van der Waals surface area contributed by atoms with Gasteiger partial charge in [-0.15, -0.1) is 0 Å². The molecule has 1 aliphatic carbocycles. The molecule has 1 N–H and O–H groups in total. The molecule has 1 heterocycles. The number of anilines is 1. The molecule has 0 spiro atoms. The molecule has 0 unspecified atom stereocenters. The standard InChI is InChI=1S/C19H16BrN3O3/c20-16-9-12-2-1-3-13(12)10-17(16)21-19(24)11-22-7-6-14-8-15(23(25)26)4-5-18(14)22/h4-10H,1-3,11H2,(H,21,24). The molecule has 0 radical (unpaired) electrons. The van der Waals surface area contributed by atoms with Crippen LogP contribution < -0.4 is 5.32 Å². The first-order valence-electron chi connectivity index (χ1n) is 8.36. The third-order valence-electron chi connectivity index (χ3n) is 4.73. The van der Waals surface area contributed by atoms with Gasteiger partial charge in [0.2, 0.25) is 5.91 Å². The molecule has 0 fully saturated rings. The molecule has 2 aromatic carbocycles. The van der Waals surface area contributed by atoms with Crippen molar-refractivity contribution < 1.29 is 9.72 Å². The Bertz CT molecular complexity index is 1040. The van der Waals surface area contributed by atoms with Crippen molar-refractivity contribution >= 4 is 44.1 Å². The first-order valence-corrected chi connectivity index (χ1v) is 9.15. The second-order valence-electron chi connectivity index (χ2n) is 6.45. The van der Waals surface area contributed by atoms with Crippen molar-refractivity contribution in [3.05, 3.63) is 68.3 Å². The third kappa shape index (κ3) is 3.10. The number of carbonyl (C=O) groups excluding carboxylic acids is 1. The van der Waals surface area contributed by atoms with Crippen LogP contribution in [0.5, 0.6) is 0 Å². The minimum absolute atomic E-state index is 0.0433. The van der Waals surface area contributed by atoms with Gasteiger partial charge in [0.25, 0.3) is 5.69 Å². The normalized spacial score (nSPS) is 13.0. The van der Waals surface area contributed by atoms with Crippen LogP contribution in [0.3, 0.4) is 0 Å². The quantitative estimate of drug-likeness (QED) is 0.507. The van der Waals surface area contributed by atoms with Gasteiger partial charge in [0.05, 0.1) is 10.6 Å². The first-order chi connectivity index (χ1) is 12.5. The van der Waals surface area contributed by atoms with Crippen molar-refractivity contribution in [3.63, 3.8) is 0 Å². The Kier molecular flexibility index (Phi) is 4.24. The molecular weight excluding hydrogens is 398 g/mol. The van der Waals surface area contributed by atoms with Crippen molar-refractivity contribution in [3.8, 4) is 0 Å². The SMILES string of the molecule is O=C(Cn1ccc2cc([N+](=O)[O-])ccc21)Nc1cc2c(cc1Br)CCC2. The molecule has 0 saturated carbocycles. The molecular formula is C19H16BrN3O3. The van der Waals surface area contributed by atoms with E-state index in [9.17, 15) is 14.9 Å². The number of hydrogen-bond acceptors (Lipinski definition) is 3. The highest BCUT2D eigenvalue weighted by Crippen LogP contribution is 2.32. The largest absolute Gasteiger partial charge is 0.338 e. The topological polar surface area (TPSA) is 77.2 Å². The summed E-state index contributed by atoms with van der Waals surface area (Å²) >= 11 is 3.53. The summed E-state index contributed by atoms with van der Waals surface area (Å²) in [6, 6.07) is 10.5. The van der Waals surface area contributed by atoms with Gasteiger partial charge in [0.1, 0.15) is 6.54 Å². The predicted molar refractivity (Wildman–Crippen MR) is 103 cm³/mol. The lowest BCUT2D eigenvalue weighted by molar-refractivity contribution is -0.384. The summed E-state index contributed by atoms with van der Waals surface area (Å²) in [5.74, 6) is -0.139. The molecule has 0 saturated heterocycles. The maximum Gasteiger partial charge on any atom is 0.270 e. The fourth-order valence-electron chi connectivity index (χ4n) is 3.47. The number of carbonyl (C=O) groups is 1. The highest BCUT2D eigenvalue weighted by atomic mass is 79.9. The average Bonchev–Trinajstić information content (AvgIpc) is 3.21. The number of rotatable bonds is 4. The van der Waals surface area contributed by atoms with Gasteiger partial charge in [-0.25, -0.2) is 0 Å². The average molecular weight is 414 g/mol. The Balaban J connectivity index is 1.54. The van der Waals surface area contributed by atoms with Gasteiger partial charge >= 0.3 is 0 Å². The molecule has 132 valence electrons. The van der Waals surface area contributed by atoms with Crippen molar-refractivity contribution in [2.24, 2.45) is 0 Å². The monoisotopic (exact) mass is 413 g/mol. The molecule has 6 nitrogen and oxygen atoms in total. The van der Waals surface area contributed by atoms with E-state index < -0.39 is 4.92 Å². The Morgan fingerprint density at radius 1 is 1.19 bits per heavy atom. The summed E-state index contributed by atoms with van der Waals surface area (Å²) in [4.78, 5) is 22.9. The van der Waals surface area contributed by atoms with Crippen LogP contribution in [0.15, 0.2) is 47.1 Å². The second-order valence-corrected chi connectivity index (χ2v) is 7.30. The number of nitro groups is 1. The van der Waals surface area contributed by atoms with Crippen molar-refractivity contribution in [1.29, 1.82) is 0 Å². The fraction of sp³-hybridized carbons (Fsp3) is 0.211. The van der Waals surface area contributed by atoms with Gasteiger partial charge in [-0.1, -0.05) is 0 Å². The van der Waals surface area contributed by atoms with Crippen LogP contribution in [0.25, 0.3) is 10.9 Å². The third-order valence-corrected chi connectivity index (χ3v) is 5.39. The lowest BCUT2D eigenvalue weighted by atomic mass is 10.1. The van der Waals surface area contributed by atoms with Crippen LogP contribution in [0, 0.1) is 10.1 Å². The summed E-state index contributed by atoms with van der Waals surface area (Å²) < 4.78 is 2.68. The second kappa shape index (κ2) is 6.57. The van der Waals surface area contributed by atoms with Crippen LogP contribution in [0.2, 0.25) is 0 Å². The van der Waals surface area contributed by atoms with Crippen molar-refractivity contribution in [1.82, 2.24) is 4.57 Å². The van der Waals surface area contributed by atoms with E-state index >= 15 is 0 Å². The summed E-state index contributed by atoms with van der Waals surface area (Å²) in [6.45, 7) is 0.144. The van der Waals surface area contributed by atoms with E-state index in [2.05, 4.69) is 27.3 Å². The number of hydrogen-bond donors (Lipinski definition) is 1. The Hall–Kier alpha value is -2.67. The van der Waals surface area contributed by atoms with Gasteiger partial charge in [-0.3, -0.25) is 14.9 Å². The number of non-ortho nitro benzene ring substituents is 1. The zero-order valence-corrected chi connectivity index (χ0v) is 15.5. The summed E-state index contributed by atoms with van der Waals surface area (Å²) in [7, 11) is 0. The number of aryl methyl sites for hydroxylation is 2. The number of halogens is 1. The van der Waals surface area contributed by atoms with Gasteiger partial charge in [0, 0.05) is 33.7 Å². The van der Waals surface area contributed by atoms with E-state index in [0.717, 1.165) is 40.3 Å². The van der Waals surface area contributed by atoms with Gasteiger partial charge in [-0.05, 0) is 70.6 Å². The molecule has 3 aromatic rings. The number of nitro benzene ring substituents is 1. The number of nitrogens with one attached hydrogen (secondary N) is 1. The van der Waals surface area contributed by atoms with Crippen LogP contribution in [-0.4, -0.2) is 15.4 Å². The Labute approximate surface area is 158 Å². The minimum atomic E-state index is -0.422. The van der Waals surface area contributed by atoms with Crippen molar-refractivity contribution in [2.75, 3.05) is 5.32 Å². The lowest BCUT2D eigenvalue weighted by Gasteiger charge is -2.11. The number of nitrogens with zero attached hydrogens (tertiary/aromatic N) is 2.